The van der Waals surface area contributed by atoms with Gasteiger partial charge in [-0.15, -0.1) is 6.58 Å². The van der Waals surface area contributed by atoms with E-state index in [2.05, 4.69) is 11.9 Å². The van der Waals surface area contributed by atoms with E-state index in [9.17, 15) is 9.18 Å². The summed E-state index contributed by atoms with van der Waals surface area (Å²) >= 11 is 5.68. The van der Waals surface area contributed by atoms with E-state index < -0.39 is 17.8 Å². The Labute approximate surface area is 127 Å². The number of esters is 1. The molecule has 4 nitrogen and oxygen atoms in total. The molecule has 1 N–H and O–H groups in total. The van der Waals surface area contributed by atoms with E-state index in [4.69, 9.17) is 21.1 Å². The summed E-state index contributed by atoms with van der Waals surface area (Å²) in [7, 11) is 1.32. The van der Waals surface area contributed by atoms with Crippen molar-refractivity contribution in [3.63, 3.8) is 0 Å². The molecule has 1 aliphatic heterocycles. The Kier molecular flexibility index (Phi) is 5.33. The molecule has 1 aliphatic rings. The third kappa shape index (κ3) is 3.61. The molecule has 0 amide bonds. The summed E-state index contributed by atoms with van der Waals surface area (Å²) in [6.07, 6.45) is 1.84. The molecule has 1 aromatic carbocycles. The van der Waals surface area contributed by atoms with Gasteiger partial charge in [-0.2, -0.15) is 0 Å². The summed E-state index contributed by atoms with van der Waals surface area (Å²) in [5, 5.41) is 3.20. The SMILES string of the molecule is C=CC(N[C@@H]1CCO[C@H]1c1ccc(Cl)c(F)c1)C(=O)OC. The first-order chi connectivity index (χ1) is 10.1. The van der Waals surface area contributed by atoms with Crippen LogP contribution >= 0.6 is 11.6 Å². The van der Waals surface area contributed by atoms with Crippen molar-refractivity contribution in [1.82, 2.24) is 5.32 Å². The molecule has 114 valence electrons. The molecular weight excluding hydrogens is 297 g/mol. The maximum Gasteiger partial charge on any atom is 0.326 e. The Balaban J connectivity index is 2.14. The minimum atomic E-state index is -0.624. The molecule has 0 bridgehead atoms. The van der Waals surface area contributed by atoms with Crippen molar-refractivity contribution in [3.05, 3.63) is 47.3 Å². The van der Waals surface area contributed by atoms with Crippen molar-refractivity contribution in [2.75, 3.05) is 13.7 Å². The van der Waals surface area contributed by atoms with Crippen LogP contribution in [0.15, 0.2) is 30.9 Å². The van der Waals surface area contributed by atoms with Gasteiger partial charge < -0.3 is 9.47 Å². The molecule has 2 rings (SSSR count). The number of benzene rings is 1. The van der Waals surface area contributed by atoms with Crippen molar-refractivity contribution >= 4 is 17.6 Å². The number of ether oxygens (including phenoxy) is 2. The topological polar surface area (TPSA) is 47.6 Å². The molecule has 0 aliphatic carbocycles. The molecule has 6 heteroatoms. The van der Waals surface area contributed by atoms with E-state index in [-0.39, 0.29) is 17.2 Å². The monoisotopic (exact) mass is 313 g/mol. The summed E-state index contributed by atoms with van der Waals surface area (Å²) in [6, 6.07) is 3.82. The Morgan fingerprint density at radius 2 is 2.43 bits per heavy atom. The van der Waals surface area contributed by atoms with Crippen LogP contribution in [-0.4, -0.2) is 31.8 Å². The van der Waals surface area contributed by atoms with Crippen LogP contribution in [0.25, 0.3) is 0 Å². The number of rotatable bonds is 5. The third-order valence-electron chi connectivity index (χ3n) is 3.45. The Morgan fingerprint density at radius 3 is 3.05 bits per heavy atom. The summed E-state index contributed by atoms with van der Waals surface area (Å²) in [5.74, 6) is -0.908. The molecule has 0 saturated carbocycles. The Morgan fingerprint density at radius 1 is 1.67 bits per heavy atom. The zero-order valence-electron chi connectivity index (χ0n) is 11.6. The van der Waals surface area contributed by atoms with E-state index in [1.807, 2.05) is 0 Å². The van der Waals surface area contributed by atoms with Crippen LogP contribution in [0.4, 0.5) is 4.39 Å². The van der Waals surface area contributed by atoms with Crippen LogP contribution < -0.4 is 5.32 Å². The lowest BCUT2D eigenvalue weighted by Gasteiger charge is -2.23. The highest BCUT2D eigenvalue weighted by molar-refractivity contribution is 6.30. The molecule has 21 heavy (non-hydrogen) atoms. The molecule has 1 unspecified atom stereocenters. The van der Waals surface area contributed by atoms with Gasteiger partial charge in [0.05, 0.1) is 18.2 Å². The number of halogens is 2. The Bertz CT molecular complexity index is 538. The zero-order valence-corrected chi connectivity index (χ0v) is 12.4. The van der Waals surface area contributed by atoms with Gasteiger partial charge in [0.1, 0.15) is 11.9 Å². The first-order valence-corrected chi connectivity index (χ1v) is 6.97. The quantitative estimate of drug-likeness (QED) is 0.670. The fraction of sp³-hybridized carbons (Fsp3) is 0.400. The maximum absolute atomic E-state index is 13.6. The molecule has 3 atom stereocenters. The van der Waals surface area contributed by atoms with Crippen molar-refractivity contribution in [2.45, 2.75) is 24.6 Å². The van der Waals surface area contributed by atoms with Gasteiger partial charge in [0.2, 0.25) is 0 Å². The molecular formula is C15H17ClFNO3. The van der Waals surface area contributed by atoms with Gasteiger partial charge in [0.25, 0.3) is 0 Å². The number of hydrogen-bond acceptors (Lipinski definition) is 4. The Hall–Kier alpha value is -1.43. The number of carbonyl (C=O) groups excluding carboxylic acids is 1. The molecule has 1 saturated heterocycles. The van der Waals surface area contributed by atoms with Gasteiger partial charge in [-0.1, -0.05) is 23.7 Å². The third-order valence-corrected chi connectivity index (χ3v) is 3.75. The van der Waals surface area contributed by atoms with Gasteiger partial charge in [0, 0.05) is 12.6 Å². The van der Waals surface area contributed by atoms with E-state index >= 15 is 0 Å². The average Bonchev–Trinajstić information content (AvgIpc) is 2.95. The normalized spacial score (nSPS) is 22.8. The summed E-state index contributed by atoms with van der Waals surface area (Å²) < 4.78 is 23.9. The fourth-order valence-corrected chi connectivity index (χ4v) is 2.49. The molecule has 1 fully saturated rings. The first-order valence-electron chi connectivity index (χ1n) is 6.59. The van der Waals surface area contributed by atoms with Crippen LogP contribution in [0.3, 0.4) is 0 Å². The first kappa shape index (κ1) is 15.9. The van der Waals surface area contributed by atoms with Crippen LogP contribution in [0.2, 0.25) is 5.02 Å². The average molecular weight is 314 g/mol. The van der Waals surface area contributed by atoms with Crippen LogP contribution in [0.1, 0.15) is 18.1 Å². The van der Waals surface area contributed by atoms with Gasteiger partial charge >= 0.3 is 5.97 Å². The zero-order chi connectivity index (χ0) is 15.4. The van der Waals surface area contributed by atoms with Crippen LogP contribution in [-0.2, 0) is 14.3 Å². The van der Waals surface area contributed by atoms with E-state index in [1.54, 1.807) is 6.07 Å². The molecule has 1 heterocycles. The number of nitrogens with one attached hydrogen (secondary N) is 1. The van der Waals surface area contributed by atoms with E-state index in [1.165, 1.54) is 25.3 Å². The standard InChI is InChI=1S/C15H17ClFNO3/c1-3-12(15(19)20-2)18-13-6-7-21-14(13)9-4-5-10(16)11(17)8-9/h3-5,8,12-14,18H,1,6-7H2,2H3/t12?,13-,14+/m1/s1. The second-order valence-electron chi connectivity index (χ2n) is 4.76. The highest BCUT2D eigenvalue weighted by atomic mass is 35.5. The summed E-state index contributed by atoms with van der Waals surface area (Å²) in [5.41, 5.74) is 0.680. The second kappa shape index (κ2) is 7.02. The minimum Gasteiger partial charge on any atom is -0.468 e. The van der Waals surface area contributed by atoms with Gasteiger partial charge in [-0.3, -0.25) is 10.1 Å². The van der Waals surface area contributed by atoms with Gasteiger partial charge in [-0.05, 0) is 24.1 Å². The predicted molar refractivity (Wildman–Crippen MR) is 77.6 cm³/mol. The lowest BCUT2D eigenvalue weighted by Crippen LogP contribution is -2.43. The number of hydrogen-bond donors (Lipinski definition) is 1. The van der Waals surface area contributed by atoms with Crippen molar-refractivity contribution in [3.8, 4) is 0 Å². The molecule has 0 aromatic heterocycles. The van der Waals surface area contributed by atoms with Crippen LogP contribution in [0.5, 0.6) is 0 Å². The van der Waals surface area contributed by atoms with Crippen molar-refractivity contribution in [1.29, 1.82) is 0 Å². The predicted octanol–water partition coefficient (Wildman–Crippen LogP) is 2.63. The lowest BCUT2D eigenvalue weighted by molar-refractivity contribution is -0.142. The van der Waals surface area contributed by atoms with Crippen molar-refractivity contribution in [2.24, 2.45) is 0 Å². The summed E-state index contributed by atoms with van der Waals surface area (Å²) in [6.45, 7) is 4.14. The van der Waals surface area contributed by atoms with Crippen LogP contribution in [0, 0.1) is 5.82 Å². The molecule has 0 radical (unpaired) electrons. The van der Waals surface area contributed by atoms with Gasteiger partial charge in [-0.25, -0.2) is 4.39 Å². The minimum absolute atomic E-state index is 0.0692. The van der Waals surface area contributed by atoms with Gasteiger partial charge in [0.15, 0.2) is 0 Å². The molecule has 1 aromatic rings. The van der Waals surface area contributed by atoms with E-state index in [0.717, 1.165) is 0 Å². The fourth-order valence-electron chi connectivity index (χ4n) is 2.37. The lowest BCUT2D eigenvalue weighted by atomic mass is 10.0. The van der Waals surface area contributed by atoms with E-state index in [0.29, 0.717) is 18.6 Å². The second-order valence-corrected chi connectivity index (χ2v) is 5.17. The molecule has 0 spiro atoms. The highest BCUT2D eigenvalue weighted by Gasteiger charge is 2.32. The van der Waals surface area contributed by atoms with Crippen molar-refractivity contribution < 1.29 is 18.7 Å². The summed E-state index contributed by atoms with van der Waals surface area (Å²) in [4.78, 5) is 11.6. The maximum atomic E-state index is 13.6. The highest BCUT2D eigenvalue weighted by Crippen LogP contribution is 2.31. The largest absolute Gasteiger partial charge is 0.468 e. The smallest absolute Gasteiger partial charge is 0.326 e. The number of methoxy groups -OCH3 is 1. The number of carbonyl (C=O) groups is 1.